The normalized spacial score (nSPS) is 12.7. The molecule has 2 N–H and O–H groups in total. The van der Waals surface area contributed by atoms with Crippen molar-refractivity contribution in [2.24, 2.45) is 12.8 Å². The molecule has 1 atom stereocenters. The van der Waals surface area contributed by atoms with Crippen LogP contribution < -0.4 is 5.73 Å². The number of nitrogens with zero attached hydrogens (tertiary/aromatic N) is 2. The zero-order chi connectivity index (χ0) is 11.3. The number of nitrogens with two attached hydrogens (primary N) is 1. The van der Waals surface area contributed by atoms with Crippen molar-refractivity contribution in [1.82, 2.24) is 9.78 Å². The van der Waals surface area contributed by atoms with Crippen LogP contribution in [0.25, 0.3) is 0 Å². The minimum absolute atomic E-state index is 0.0563. The molecule has 1 heterocycles. The molecule has 0 saturated carbocycles. The molecular weight excluding hydrogens is 194 g/mol. The molecule has 1 rings (SSSR count). The van der Waals surface area contributed by atoms with E-state index in [-0.39, 0.29) is 5.78 Å². The molecule has 0 saturated heterocycles. The first-order valence-electron chi connectivity index (χ1n) is 4.92. The number of Topliss-reactive ketones (excluding diaryl/α,β-unsaturated/α-hetero) is 1. The van der Waals surface area contributed by atoms with Crippen LogP contribution in [0.2, 0.25) is 0 Å². The maximum Gasteiger partial charge on any atom is 0.182 e. The molecule has 0 fully saturated rings. The topological polar surface area (TPSA) is 70.1 Å². The number of aryl methyl sites for hydroxylation is 1. The lowest BCUT2D eigenvalue weighted by atomic mass is 10.0. The van der Waals surface area contributed by atoms with E-state index in [1.54, 1.807) is 31.2 Å². The van der Waals surface area contributed by atoms with Crippen molar-refractivity contribution in [1.29, 1.82) is 0 Å². The fourth-order valence-electron chi connectivity index (χ4n) is 1.34. The van der Waals surface area contributed by atoms with Gasteiger partial charge in [-0.2, -0.15) is 5.10 Å². The standard InChI is InChI=1S/C10H17N3O2/c1-13-7-8(6-12-13)10(14)9(11)4-3-5-15-2/h6-7,9H,3-5,11H2,1-2H3. The second-order valence-electron chi connectivity index (χ2n) is 3.51. The third-order valence-corrected chi connectivity index (χ3v) is 2.19. The second-order valence-corrected chi connectivity index (χ2v) is 3.51. The first kappa shape index (κ1) is 11.9. The lowest BCUT2D eigenvalue weighted by Gasteiger charge is -2.08. The number of ketones is 1. The molecule has 1 unspecified atom stereocenters. The summed E-state index contributed by atoms with van der Waals surface area (Å²) in [7, 11) is 3.40. The zero-order valence-electron chi connectivity index (χ0n) is 9.14. The van der Waals surface area contributed by atoms with Gasteiger partial charge in [0.25, 0.3) is 0 Å². The average Bonchev–Trinajstić information content (AvgIpc) is 2.64. The van der Waals surface area contributed by atoms with Crippen molar-refractivity contribution in [3.63, 3.8) is 0 Å². The smallest absolute Gasteiger partial charge is 0.182 e. The predicted molar refractivity (Wildman–Crippen MR) is 56.6 cm³/mol. The largest absolute Gasteiger partial charge is 0.385 e. The lowest BCUT2D eigenvalue weighted by Crippen LogP contribution is -2.30. The van der Waals surface area contributed by atoms with E-state index in [4.69, 9.17) is 10.5 Å². The van der Waals surface area contributed by atoms with Crippen LogP contribution in [0.1, 0.15) is 23.2 Å². The van der Waals surface area contributed by atoms with Crippen molar-refractivity contribution in [2.45, 2.75) is 18.9 Å². The number of carbonyl (C=O) groups excluding carboxylic acids is 1. The maximum atomic E-state index is 11.7. The Morgan fingerprint density at radius 1 is 1.73 bits per heavy atom. The molecule has 0 aromatic carbocycles. The zero-order valence-corrected chi connectivity index (χ0v) is 9.14. The van der Waals surface area contributed by atoms with Gasteiger partial charge in [0.1, 0.15) is 0 Å². The van der Waals surface area contributed by atoms with Gasteiger partial charge in [-0.25, -0.2) is 0 Å². The Hall–Kier alpha value is -1.20. The molecule has 0 radical (unpaired) electrons. The van der Waals surface area contributed by atoms with E-state index in [0.717, 1.165) is 6.42 Å². The first-order valence-corrected chi connectivity index (χ1v) is 4.92. The molecule has 0 aliphatic rings. The number of rotatable bonds is 6. The summed E-state index contributed by atoms with van der Waals surface area (Å²) in [5.41, 5.74) is 6.33. The van der Waals surface area contributed by atoms with Crippen molar-refractivity contribution in [2.75, 3.05) is 13.7 Å². The SMILES string of the molecule is COCCCC(N)C(=O)c1cnn(C)c1. The molecule has 0 amide bonds. The number of hydrogen-bond donors (Lipinski definition) is 1. The van der Waals surface area contributed by atoms with E-state index in [1.807, 2.05) is 0 Å². The van der Waals surface area contributed by atoms with Gasteiger partial charge in [0.05, 0.1) is 17.8 Å². The van der Waals surface area contributed by atoms with Gasteiger partial charge in [-0.15, -0.1) is 0 Å². The van der Waals surface area contributed by atoms with Gasteiger partial charge >= 0.3 is 0 Å². The molecule has 5 heteroatoms. The quantitative estimate of drug-likeness (QED) is 0.544. The Balaban J connectivity index is 2.46. The highest BCUT2D eigenvalue weighted by Gasteiger charge is 2.16. The van der Waals surface area contributed by atoms with Crippen LogP contribution in [0.4, 0.5) is 0 Å². The maximum absolute atomic E-state index is 11.7. The summed E-state index contributed by atoms with van der Waals surface area (Å²) in [6, 6.07) is -0.454. The van der Waals surface area contributed by atoms with E-state index < -0.39 is 6.04 Å². The van der Waals surface area contributed by atoms with Gasteiger partial charge in [-0.05, 0) is 12.8 Å². The van der Waals surface area contributed by atoms with Gasteiger partial charge < -0.3 is 10.5 Å². The van der Waals surface area contributed by atoms with E-state index >= 15 is 0 Å². The predicted octanol–water partition coefficient (Wildman–Crippen LogP) is 0.357. The van der Waals surface area contributed by atoms with Gasteiger partial charge in [-0.3, -0.25) is 9.48 Å². The number of methoxy groups -OCH3 is 1. The van der Waals surface area contributed by atoms with Crippen molar-refractivity contribution in [3.05, 3.63) is 18.0 Å². The third kappa shape index (κ3) is 3.45. The average molecular weight is 211 g/mol. The first-order chi connectivity index (χ1) is 7.15. The molecule has 84 valence electrons. The molecule has 1 aromatic heterocycles. The number of carbonyl (C=O) groups is 1. The van der Waals surface area contributed by atoms with Gasteiger partial charge in [0.15, 0.2) is 5.78 Å². The van der Waals surface area contributed by atoms with Crippen LogP contribution in [0.15, 0.2) is 12.4 Å². The Morgan fingerprint density at radius 3 is 3.00 bits per heavy atom. The van der Waals surface area contributed by atoms with E-state index in [0.29, 0.717) is 18.6 Å². The monoisotopic (exact) mass is 211 g/mol. The van der Waals surface area contributed by atoms with Gasteiger partial charge in [0, 0.05) is 27.0 Å². The van der Waals surface area contributed by atoms with Crippen LogP contribution in [0.5, 0.6) is 0 Å². The summed E-state index contributed by atoms with van der Waals surface area (Å²) in [5, 5.41) is 3.93. The van der Waals surface area contributed by atoms with Crippen LogP contribution in [-0.2, 0) is 11.8 Å². The molecule has 15 heavy (non-hydrogen) atoms. The van der Waals surface area contributed by atoms with Crippen molar-refractivity contribution < 1.29 is 9.53 Å². The van der Waals surface area contributed by atoms with Crippen LogP contribution in [0.3, 0.4) is 0 Å². The molecule has 0 spiro atoms. The summed E-state index contributed by atoms with van der Waals surface area (Å²) in [6.45, 7) is 0.633. The third-order valence-electron chi connectivity index (χ3n) is 2.19. The Labute approximate surface area is 89.2 Å². The van der Waals surface area contributed by atoms with Crippen LogP contribution in [-0.4, -0.2) is 35.3 Å². The highest BCUT2D eigenvalue weighted by molar-refractivity contribution is 5.99. The molecule has 1 aromatic rings. The summed E-state index contributed by atoms with van der Waals surface area (Å²) in [4.78, 5) is 11.7. The molecule has 0 aliphatic heterocycles. The minimum Gasteiger partial charge on any atom is -0.385 e. The Morgan fingerprint density at radius 2 is 2.47 bits per heavy atom. The van der Waals surface area contributed by atoms with Crippen molar-refractivity contribution >= 4 is 5.78 Å². The summed E-state index contributed by atoms with van der Waals surface area (Å²) in [5.74, 6) is -0.0563. The van der Waals surface area contributed by atoms with Crippen LogP contribution >= 0.6 is 0 Å². The van der Waals surface area contributed by atoms with Gasteiger partial charge in [-0.1, -0.05) is 0 Å². The lowest BCUT2D eigenvalue weighted by molar-refractivity contribution is 0.0950. The highest BCUT2D eigenvalue weighted by atomic mass is 16.5. The highest BCUT2D eigenvalue weighted by Crippen LogP contribution is 2.05. The fraction of sp³-hybridized carbons (Fsp3) is 0.600. The number of hydrogen-bond acceptors (Lipinski definition) is 4. The number of aromatic nitrogens is 2. The van der Waals surface area contributed by atoms with Crippen LogP contribution in [0, 0.1) is 0 Å². The van der Waals surface area contributed by atoms with E-state index in [1.165, 1.54) is 0 Å². The molecular formula is C10H17N3O2. The molecule has 0 aliphatic carbocycles. The Bertz CT molecular complexity index is 322. The second kappa shape index (κ2) is 5.63. The van der Waals surface area contributed by atoms with Gasteiger partial charge in [0.2, 0.25) is 0 Å². The Kier molecular flexibility index (Phi) is 4.45. The number of ether oxygens (including phenoxy) is 1. The summed E-state index contributed by atoms with van der Waals surface area (Å²) in [6.07, 6.45) is 4.66. The summed E-state index contributed by atoms with van der Waals surface area (Å²) >= 11 is 0. The fourth-order valence-corrected chi connectivity index (χ4v) is 1.34. The minimum atomic E-state index is -0.454. The molecule has 0 bridgehead atoms. The van der Waals surface area contributed by atoms with Crippen molar-refractivity contribution in [3.8, 4) is 0 Å². The summed E-state index contributed by atoms with van der Waals surface area (Å²) < 4.78 is 6.49. The van der Waals surface area contributed by atoms with E-state index in [9.17, 15) is 4.79 Å². The van der Waals surface area contributed by atoms with E-state index in [2.05, 4.69) is 5.10 Å². The molecule has 5 nitrogen and oxygen atoms in total.